The van der Waals surface area contributed by atoms with Crippen LogP contribution < -0.4 is 0 Å². The zero-order valence-electron chi connectivity index (χ0n) is 7.99. The van der Waals surface area contributed by atoms with Gasteiger partial charge in [-0.1, -0.05) is 19.3 Å². The standard InChI is InChI=1S/C11H16OS/c1-8-10(5-6-13-8)11(12)7-9-3-2-4-9/h5-6,9,11-12H,2-4,7H2,1H3. The third-order valence-electron chi connectivity index (χ3n) is 3.04. The molecule has 0 bridgehead atoms. The van der Waals surface area contributed by atoms with Crippen molar-refractivity contribution < 1.29 is 5.11 Å². The van der Waals surface area contributed by atoms with Crippen molar-refractivity contribution in [2.75, 3.05) is 0 Å². The van der Waals surface area contributed by atoms with Crippen molar-refractivity contribution in [2.45, 2.75) is 38.7 Å². The maximum Gasteiger partial charge on any atom is 0.0803 e. The Labute approximate surface area is 83.4 Å². The molecule has 13 heavy (non-hydrogen) atoms. The molecule has 1 aliphatic rings. The van der Waals surface area contributed by atoms with Crippen LogP contribution in [0.3, 0.4) is 0 Å². The molecule has 1 unspecified atom stereocenters. The van der Waals surface area contributed by atoms with E-state index in [1.165, 1.54) is 24.1 Å². The normalized spacial score (nSPS) is 19.8. The Hall–Kier alpha value is -0.340. The molecule has 0 radical (unpaired) electrons. The Balaban J connectivity index is 1.96. The van der Waals surface area contributed by atoms with Crippen LogP contribution in [0.25, 0.3) is 0 Å². The summed E-state index contributed by atoms with van der Waals surface area (Å²) in [5.41, 5.74) is 1.15. The third-order valence-corrected chi connectivity index (χ3v) is 3.90. The van der Waals surface area contributed by atoms with Gasteiger partial charge in [0.2, 0.25) is 0 Å². The van der Waals surface area contributed by atoms with Crippen LogP contribution in [-0.4, -0.2) is 5.11 Å². The van der Waals surface area contributed by atoms with Crippen LogP contribution >= 0.6 is 11.3 Å². The molecule has 1 aliphatic carbocycles. The number of rotatable bonds is 3. The molecule has 1 N–H and O–H groups in total. The number of hydrogen-bond donors (Lipinski definition) is 1. The average Bonchev–Trinajstić information content (AvgIpc) is 2.43. The molecule has 0 spiro atoms. The molecular weight excluding hydrogens is 180 g/mol. The molecular formula is C11H16OS. The Morgan fingerprint density at radius 1 is 1.62 bits per heavy atom. The summed E-state index contributed by atoms with van der Waals surface area (Å²) in [7, 11) is 0. The molecule has 0 aliphatic heterocycles. The maximum atomic E-state index is 9.93. The van der Waals surface area contributed by atoms with Gasteiger partial charge in [-0.25, -0.2) is 0 Å². The fourth-order valence-electron chi connectivity index (χ4n) is 1.91. The van der Waals surface area contributed by atoms with Crippen LogP contribution in [0, 0.1) is 12.8 Å². The number of thiophene rings is 1. The van der Waals surface area contributed by atoms with Gasteiger partial charge in [-0.05, 0) is 36.3 Å². The lowest BCUT2D eigenvalue weighted by Crippen LogP contribution is -2.14. The van der Waals surface area contributed by atoms with E-state index < -0.39 is 0 Å². The summed E-state index contributed by atoms with van der Waals surface area (Å²) in [6.07, 6.45) is 4.76. The largest absolute Gasteiger partial charge is 0.388 e. The first-order chi connectivity index (χ1) is 6.27. The van der Waals surface area contributed by atoms with Crippen molar-refractivity contribution in [3.63, 3.8) is 0 Å². The van der Waals surface area contributed by atoms with Crippen LogP contribution in [0.5, 0.6) is 0 Å². The predicted octanol–water partition coefficient (Wildman–Crippen LogP) is 3.28. The molecule has 1 atom stereocenters. The van der Waals surface area contributed by atoms with Gasteiger partial charge in [0, 0.05) is 4.88 Å². The summed E-state index contributed by atoms with van der Waals surface area (Å²) in [6.45, 7) is 2.09. The van der Waals surface area contributed by atoms with Crippen LogP contribution in [-0.2, 0) is 0 Å². The van der Waals surface area contributed by atoms with E-state index in [-0.39, 0.29) is 6.10 Å². The second-order valence-corrected chi connectivity index (χ2v) is 5.10. The molecule has 2 heteroatoms. The first-order valence-corrected chi connectivity index (χ1v) is 5.87. The molecule has 0 amide bonds. The summed E-state index contributed by atoms with van der Waals surface area (Å²) in [4.78, 5) is 1.27. The predicted molar refractivity (Wildman–Crippen MR) is 56.0 cm³/mol. The summed E-state index contributed by atoms with van der Waals surface area (Å²) in [5, 5.41) is 12.0. The van der Waals surface area contributed by atoms with E-state index in [1.807, 2.05) is 0 Å². The maximum absolute atomic E-state index is 9.93. The molecule has 2 rings (SSSR count). The second kappa shape index (κ2) is 3.81. The zero-order chi connectivity index (χ0) is 9.26. The highest BCUT2D eigenvalue weighted by atomic mass is 32.1. The number of hydrogen-bond acceptors (Lipinski definition) is 2. The number of aliphatic hydroxyl groups is 1. The smallest absolute Gasteiger partial charge is 0.0803 e. The van der Waals surface area contributed by atoms with Crippen LogP contribution in [0.2, 0.25) is 0 Å². The third kappa shape index (κ3) is 1.94. The van der Waals surface area contributed by atoms with E-state index in [0.717, 1.165) is 17.9 Å². The highest BCUT2D eigenvalue weighted by Gasteiger charge is 2.22. The van der Waals surface area contributed by atoms with Gasteiger partial charge in [-0.3, -0.25) is 0 Å². The van der Waals surface area contributed by atoms with Crippen molar-refractivity contribution in [1.29, 1.82) is 0 Å². The van der Waals surface area contributed by atoms with Crippen molar-refractivity contribution >= 4 is 11.3 Å². The average molecular weight is 196 g/mol. The first-order valence-electron chi connectivity index (χ1n) is 4.99. The molecule has 0 saturated heterocycles. The number of aliphatic hydroxyl groups excluding tert-OH is 1. The lowest BCUT2D eigenvalue weighted by Gasteiger charge is -2.27. The van der Waals surface area contributed by atoms with Gasteiger partial charge in [0.1, 0.15) is 0 Å². The molecule has 1 heterocycles. The van der Waals surface area contributed by atoms with E-state index in [0.29, 0.717) is 0 Å². The van der Waals surface area contributed by atoms with E-state index in [1.54, 1.807) is 11.3 Å². The minimum Gasteiger partial charge on any atom is -0.388 e. The number of aryl methyl sites for hydroxylation is 1. The molecule has 1 fully saturated rings. The van der Waals surface area contributed by atoms with E-state index in [9.17, 15) is 5.11 Å². The SMILES string of the molecule is Cc1sccc1C(O)CC1CCC1. The van der Waals surface area contributed by atoms with E-state index in [2.05, 4.69) is 18.4 Å². The van der Waals surface area contributed by atoms with Gasteiger partial charge >= 0.3 is 0 Å². The van der Waals surface area contributed by atoms with Gasteiger partial charge in [-0.2, -0.15) is 0 Å². The first kappa shape index (κ1) is 9.22. The molecule has 1 saturated carbocycles. The minimum absolute atomic E-state index is 0.212. The highest BCUT2D eigenvalue weighted by Crippen LogP contribution is 2.36. The van der Waals surface area contributed by atoms with Gasteiger partial charge in [-0.15, -0.1) is 11.3 Å². The van der Waals surface area contributed by atoms with Gasteiger partial charge < -0.3 is 5.11 Å². The molecule has 0 aromatic carbocycles. The Morgan fingerprint density at radius 3 is 2.85 bits per heavy atom. The van der Waals surface area contributed by atoms with Crippen LogP contribution in [0.15, 0.2) is 11.4 Å². The van der Waals surface area contributed by atoms with Crippen molar-refractivity contribution in [3.8, 4) is 0 Å². The summed E-state index contributed by atoms with van der Waals surface area (Å²) < 4.78 is 0. The van der Waals surface area contributed by atoms with Crippen LogP contribution in [0.1, 0.15) is 42.2 Å². The van der Waals surface area contributed by atoms with Crippen molar-refractivity contribution in [3.05, 3.63) is 21.9 Å². The Morgan fingerprint density at radius 2 is 2.38 bits per heavy atom. The van der Waals surface area contributed by atoms with Crippen LogP contribution in [0.4, 0.5) is 0 Å². The summed E-state index contributed by atoms with van der Waals surface area (Å²) in [5.74, 6) is 0.786. The van der Waals surface area contributed by atoms with E-state index in [4.69, 9.17) is 0 Å². The van der Waals surface area contributed by atoms with Gasteiger partial charge in [0.15, 0.2) is 0 Å². The summed E-state index contributed by atoms with van der Waals surface area (Å²) >= 11 is 1.73. The fraction of sp³-hybridized carbons (Fsp3) is 0.636. The summed E-state index contributed by atoms with van der Waals surface area (Å²) in [6, 6.07) is 2.06. The van der Waals surface area contributed by atoms with Crippen molar-refractivity contribution in [1.82, 2.24) is 0 Å². The Bertz CT molecular complexity index is 275. The molecule has 72 valence electrons. The second-order valence-electron chi connectivity index (χ2n) is 3.98. The monoisotopic (exact) mass is 196 g/mol. The fourth-order valence-corrected chi connectivity index (χ4v) is 2.67. The highest BCUT2D eigenvalue weighted by molar-refractivity contribution is 7.10. The zero-order valence-corrected chi connectivity index (χ0v) is 8.81. The molecule has 1 aromatic heterocycles. The minimum atomic E-state index is -0.212. The molecule has 1 nitrogen and oxygen atoms in total. The van der Waals surface area contributed by atoms with Gasteiger partial charge in [0.25, 0.3) is 0 Å². The lowest BCUT2D eigenvalue weighted by molar-refractivity contribution is 0.118. The van der Waals surface area contributed by atoms with Crippen molar-refractivity contribution in [2.24, 2.45) is 5.92 Å². The van der Waals surface area contributed by atoms with E-state index >= 15 is 0 Å². The lowest BCUT2D eigenvalue weighted by atomic mass is 9.80. The van der Waals surface area contributed by atoms with Gasteiger partial charge in [0.05, 0.1) is 6.10 Å². The Kier molecular flexibility index (Phi) is 2.70. The topological polar surface area (TPSA) is 20.2 Å². The quantitative estimate of drug-likeness (QED) is 0.786. The molecule has 1 aromatic rings.